The van der Waals surface area contributed by atoms with E-state index in [1.165, 1.54) is 11.3 Å². The van der Waals surface area contributed by atoms with E-state index in [1.807, 2.05) is 32.9 Å². The van der Waals surface area contributed by atoms with E-state index in [4.69, 9.17) is 9.47 Å². The number of hydrogen-bond acceptors (Lipinski definition) is 6. The Labute approximate surface area is 197 Å². The Hall–Kier alpha value is -3.13. The summed E-state index contributed by atoms with van der Waals surface area (Å²) >= 11 is 1.47. The highest BCUT2D eigenvalue weighted by molar-refractivity contribution is 7.17. The van der Waals surface area contributed by atoms with Crippen LogP contribution in [0.5, 0.6) is 5.75 Å². The number of nitrogens with zero attached hydrogens (tertiary/aromatic N) is 2. The number of fused-ring (bicyclic) bond motifs is 1. The van der Waals surface area contributed by atoms with Crippen LogP contribution < -0.4 is 10.1 Å². The number of rotatable bonds is 8. The first kappa shape index (κ1) is 23.0. The molecule has 8 heteroatoms. The van der Waals surface area contributed by atoms with Gasteiger partial charge in [0, 0.05) is 11.1 Å². The third-order valence-corrected chi connectivity index (χ3v) is 6.68. The Bertz CT molecular complexity index is 1140. The highest BCUT2D eigenvalue weighted by atomic mass is 32.1. The van der Waals surface area contributed by atoms with Crippen LogP contribution in [0.3, 0.4) is 0 Å². The minimum atomic E-state index is -0.362. The highest BCUT2D eigenvalue weighted by Gasteiger charge is 2.27. The number of aromatic nitrogens is 2. The van der Waals surface area contributed by atoms with Gasteiger partial charge >= 0.3 is 5.97 Å². The summed E-state index contributed by atoms with van der Waals surface area (Å²) in [5.41, 5.74) is 4.04. The highest BCUT2D eigenvalue weighted by Crippen LogP contribution is 2.38. The molecule has 174 valence electrons. The molecular formula is C25H29N3O4S. The van der Waals surface area contributed by atoms with E-state index in [9.17, 15) is 9.59 Å². The number of hydrogen-bond donors (Lipinski definition) is 1. The first-order chi connectivity index (χ1) is 15.9. The molecule has 0 saturated heterocycles. The Kier molecular flexibility index (Phi) is 7.13. The molecule has 0 unspecified atom stereocenters. The number of ether oxygens (including phenoxy) is 2. The van der Waals surface area contributed by atoms with Gasteiger partial charge in [-0.1, -0.05) is 13.0 Å². The van der Waals surface area contributed by atoms with Gasteiger partial charge in [0.05, 0.1) is 12.2 Å². The van der Waals surface area contributed by atoms with Crippen LogP contribution in [-0.4, -0.2) is 28.3 Å². The average Bonchev–Trinajstić information content (AvgIpc) is 3.40. The van der Waals surface area contributed by atoms with Gasteiger partial charge in [-0.2, -0.15) is 5.10 Å². The monoisotopic (exact) mass is 467 g/mol. The molecule has 0 fully saturated rings. The van der Waals surface area contributed by atoms with Gasteiger partial charge in [0.1, 0.15) is 10.8 Å². The fourth-order valence-electron chi connectivity index (χ4n) is 4.02. The lowest BCUT2D eigenvalue weighted by atomic mass is 9.95. The molecule has 2 heterocycles. The van der Waals surface area contributed by atoms with E-state index in [0.717, 1.165) is 59.4 Å². The zero-order valence-corrected chi connectivity index (χ0v) is 20.1. The smallest absolute Gasteiger partial charge is 0.341 e. The first-order valence-corrected chi connectivity index (χ1v) is 12.1. The standard InChI is InChI=1S/C25H29N3O4S/c1-4-11-31-25(30)22-19-7-5-6-8-21(19)33-24(22)26-23(29)20-9-10-28(27-20)15-32-18-13-16(2)12-17(3)14-18/h9-10,12-14H,4-8,11,15H2,1-3H3,(H,26,29). The Balaban J connectivity index is 1.47. The van der Waals surface area contributed by atoms with Crippen LogP contribution in [0, 0.1) is 13.8 Å². The minimum absolute atomic E-state index is 0.193. The number of anilines is 1. The third kappa shape index (κ3) is 5.45. The predicted octanol–water partition coefficient (Wildman–Crippen LogP) is 5.30. The average molecular weight is 468 g/mol. The van der Waals surface area contributed by atoms with E-state index < -0.39 is 0 Å². The van der Waals surface area contributed by atoms with Crippen molar-refractivity contribution in [2.24, 2.45) is 0 Å². The zero-order chi connectivity index (χ0) is 23.4. The van der Waals surface area contributed by atoms with E-state index in [1.54, 1.807) is 16.9 Å². The van der Waals surface area contributed by atoms with Crippen LogP contribution in [0.2, 0.25) is 0 Å². The predicted molar refractivity (Wildman–Crippen MR) is 128 cm³/mol. The maximum absolute atomic E-state index is 12.9. The van der Waals surface area contributed by atoms with Crippen molar-refractivity contribution in [2.75, 3.05) is 11.9 Å². The lowest BCUT2D eigenvalue weighted by molar-refractivity contribution is 0.0505. The molecule has 1 N–H and O–H groups in total. The van der Waals surface area contributed by atoms with Gasteiger partial charge in [-0.15, -0.1) is 11.3 Å². The number of amides is 1. The van der Waals surface area contributed by atoms with Crippen molar-refractivity contribution in [3.8, 4) is 5.75 Å². The molecule has 1 aliphatic carbocycles. The zero-order valence-electron chi connectivity index (χ0n) is 19.3. The van der Waals surface area contributed by atoms with E-state index in [2.05, 4.69) is 16.5 Å². The van der Waals surface area contributed by atoms with Gasteiger partial charge in [0.15, 0.2) is 12.4 Å². The maximum atomic E-state index is 12.9. The molecule has 33 heavy (non-hydrogen) atoms. The van der Waals surface area contributed by atoms with Gasteiger partial charge in [-0.25, -0.2) is 9.48 Å². The summed E-state index contributed by atoms with van der Waals surface area (Å²) in [6.07, 6.45) is 6.34. The lowest BCUT2D eigenvalue weighted by Gasteiger charge is -2.12. The molecule has 7 nitrogen and oxygen atoms in total. The van der Waals surface area contributed by atoms with Crippen molar-refractivity contribution < 1.29 is 19.1 Å². The summed E-state index contributed by atoms with van der Waals surface area (Å²) in [5, 5.41) is 7.80. The van der Waals surface area contributed by atoms with Gasteiger partial charge < -0.3 is 14.8 Å². The van der Waals surface area contributed by atoms with E-state index in [-0.39, 0.29) is 24.3 Å². The lowest BCUT2D eigenvalue weighted by Crippen LogP contribution is -2.17. The normalized spacial score (nSPS) is 12.8. The fourth-order valence-corrected chi connectivity index (χ4v) is 5.29. The van der Waals surface area contributed by atoms with Crippen molar-refractivity contribution in [1.29, 1.82) is 0 Å². The van der Waals surface area contributed by atoms with Crippen LogP contribution in [0.1, 0.15) is 68.6 Å². The van der Waals surface area contributed by atoms with Crippen molar-refractivity contribution in [3.63, 3.8) is 0 Å². The van der Waals surface area contributed by atoms with Crippen LogP contribution in [0.25, 0.3) is 0 Å². The molecule has 4 rings (SSSR count). The first-order valence-electron chi connectivity index (χ1n) is 11.3. The summed E-state index contributed by atoms with van der Waals surface area (Å²) in [7, 11) is 0. The van der Waals surface area contributed by atoms with Crippen molar-refractivity contribution >= 4 is 28.2 Å². The molecule has 0 saturated carbocycles. The molecule has 2 aromatic heterocycles. The van der Waals surface area contributed by atoms with Crippen LogP contribution in [0.15, 0.2) is 30.5 Å². The van der Waals surface area contributed by atoms with E-state index >= 15 is 0 Å². The number of nitrogens with one attached hydrogen (secondary N) is 1. The number of benzene rings is 1. The number of esters is 1. The Morgan fingerprint density at radius 1 is 1.15 bits per heavy atom. The second-order valence-electron chi connectivity index (χ2n) is 8.34. The summed E-state index contributed by atoms with van der Waals surface area (Å²) in [6.45, 7) is 6.55. The maximum Gasteiger partial charge on any atom is 0.341 e. The molecular weight excluding hydrogens is 438 g/mol. The number of carbonyl (C=O) groups excluding carboxylic acids is 2. The topological polar surface area (TPSA) is 82.5 Å². The second kappa shape index (κ2) is 10.2. The molecule has 1 aliphatic rings. The SMILES string of the molecule is CCCOC(=O)c1c(NC(=O)c2ccn(COc3cc(C)cc(C)c3)n2)sc2c1CCCC2. The van der Waals surface area contributed by atoms with Gasteiger partial charge in [-0.3, -0.25) is 4.79 Å². The molecule has 1 amide bonds. The fraction of sp³-hybridized carbons (Fsp3) is 0.400. The minimum Gasteiger partial charge on any atom is -0.471 e. The van der Waals surface area contributed by atoms with Crippen molar-refractivity contribution in [3.05, 3.63) is 63.3 Å². The third-order valence-electron chi connectivity index (χ3n) is 5.47. The molecule has 0 atom stereocenters. The van der Waals surface area contributed by atoms with E-state index in [0.29, 0.717) is 17.2 Å². The van der Waals surface area contributed by atoms with Crippen molar-refractivity contribution in [2.45, 2.75) is 59.6 Å². The molecule has 0 aliphatic heterocycles. The molecule has 3 aromatic rings. The van der Waals surface area contributed by atoms with Gasteiger partial charge in [0.2, 0.25) is 0 Å². The summed E-state index contributed by atoms with van der Waals surface area (Å²) < 4.78 is 12.8. The van der Waals surface area contributed by atoms with Gasteiger partial charge in [-0.05, 0) is 80.8 Å². The number of carbonyl (C=O) groups is 2. The Morgan fingerprint density at radius 3 is 2.67 bits per heavy atom. The Morgan fingerprint density at radius 2 is 1.91 bits per heavy atom. The van der Waals surface area contributed by atoms with Crippen molar-refractivity contribution in [1.82, 2.24) is 9.78 Å². The number of aryl methyl sites for hydroxylation is 3. The molecule has 1 aromatic carbocycles. The summed E-state index contributed by atoms with van der Waals surface area (Å²) in [5.74, 6) is 0.0376. The molecule has 0 bridgehead atoms. The number of thiophene rings is 1. The molecule has 0 radical (unpaired) electrons. The van der Waals surface area contributed by atoms with Crippen LogP contribution in [0.4, 0.5) is 5.00 Å². The molecule has 0 spiro atoms. The van der Waals surface area contributed by atoms with Crippen LogP contribution in [-0.2, 0) is 24.3 Å². The van der Waals surface area contributed by atoms with Gasteiger partial charge in [0.25, 0.3) is 5.91 Å². The largest absolute Gasteiger partial charge is 0.471 e. The summed E-state index contributed by atoms with van der Waals surface area (Å²) in [4.78, 5) is 26.8. The summed E-state index contributed by atoms with van der Waals surface area (Å²) in [6, 6.07) is 7.64. The quantitative estimate of drug-likeness (QED) is 0.455. The second-order valence-corrected chi connectivity index (χ2v) is 9.45. The van der Waals surface area contributed by atoms with Crippen LogP contribution >= 0.6 is 11.3 Å².